The predicted octanol–water partition coefficient (Wildman–Crippen LogP) is 1.28. The van der Waals surface area contributed by atoms with E-state index in [0.29, 0.717) is 37.0 Å². The van der Waals surface area contributed by atoms with Crippen LogP contribution >= 0.6 is 11.3 Å². The highest BCUT2D eigenvalue weighted by molar-refractivity contribution is 7.89. The van der Waals surface area contributed by atoms with Crippen molar-refractivity contribution < 1.29 is 13.2 Å². The van der Waals surface area contributed by atoms with Gasteiger partial charge in [-0.15, -0.1) is 11.3 Å². The lowest BCUT2D eigenvalue weighted by Gasteiger charge is -2.12. The van der Waals surface area contributed by atoms with Gasteiger partial charge in [0.25, 0.3) is 10.0 Å². The van der Waals surface area contributed by atoms with Crippen molar-refractivity contribution >= 4 is 32.1 Å². The van der Waals surface area contributed by atoms with Crippen LogP contribution in [-0.2, 0) is 14.8 Å². The van der Waals surface area contributed by atoms with Crippen LogP contribution in [0.4, 0.5) is 5.82 Å². The van der Waals surface area contributed by atoms with Crippen molar-refractivity contribution in [2.75, 3.05) is 25.1 Å². The second kappa shape index (κ2) is 5.91. The Bertz CT molecular complexity index is 716. The van der Waals surface area contributed by atoms with E-state index in [4.69, 9.17) is 4.74 Å². The molecule has 9 heteroatoms. The van der Waals surface area contributed by atoms with Crippen LogP contribution < -0.4 is 10.0 Å². The molecule has 2 aromatic heterocycles. The summed E-state index contributed by atoms with van der Waals surface area (Å²) in [6, 6.07) is -0.168. The quantitative estimate of drug-likeness (QED) is 0.833. The van der Waals surface area contributed by atoms with E-state index in [1.54, 1.807) is 10.6 Å². The molecule has 0 bridgehead atoms. The van der Waals surface area contributed by atoms with E-state index < -0.39 is 10.0 Å². The summed E-state index contributed by atoms with van der Waals surface area (Å²) in [5.74, 6) is 0.412. The fourth-order valence-electron chi connectivity index (χ4n) is 2.28. The molecule has 0 saturated carbocycles. The Morgan fingerprint density at radius 1 is 1.57 bits per heavy atom. The SMILES string of the molecule is CCCNc1nc2sccn2c1S(=O)(=O)NC1CCOC1. The topological polar surface area (TPSA) is 84.7 Å². The Morgan fingerprint density at radius 2 is 2.43 bits per heavy atom. The Balaban J connectivity index is 1.97. The third-order valence-corrected chi connectivity index (χ3v) is 5.57. The zero-order chi connectivity index (χ0) is 14.9. The van der Waals surface area contributed by atoms with Crippen LogP contribution in [0.5, 0.6) is 0 Å². The number of hydrogen-bond donors (Lipinski definition) is 2. The molecule has 21 heavy (non-hydrogen) atoms. The van der Waals surface area contributed by atoms with Crippen molar-refractivity contribution in [3.63, 3.8) is 0 Å². The van der Waals surface area contributed by atoms with Crippen molar-refractivity contribution in [3.05, 3.63) is 11.6 Å². The Morgan fingerprint density at radius 3 is 3.14 bits per heavy atom. The number of hydrogen-bond acceptors (Lipinski definition) is 6. The fourth-order valence-corrected chi connectivity index (χ4v) is 4.57. The van der Waals surface area contributed by atoms with Crippen LogP contribution in [0, 0.1) is 0 Å². The summed E-state index contributed by atoms with van der Waals surface area (Å²) in [6.07, 6.45) is 3.32. The third kappa shape index (κ3) is 2.91. The molecule has 1 fully saturated rings. The number of imidazole rings is 1. The fraction of sp³-hybridized carbons (Fsp3) is 0.583. The zero-order valence-corrected chi connectivity index (χ0v) is 13.3. The second-order valence-corrected chi connectivity index (χ2v) is 7.43. The highest BCUT2D eigenvalue weighted by Gasteiger charge is 2.29. The minimum Gasteiger partial charge on any atom is -0.380 e. The number of ether oxygens (including phenoxy) is 1. The van der Waals surface area contributed by atoms with Crippen LogP contribution in [0.3, 0.4) is 0 Å². The summed E-state index contributed by atoms with van der Waals surface area (Å²) >= 11 is 1.41. The molecular formula is C12H18N4O3S2. The zero-order valence-electron chi connectivity index (χ0n) is 11.7. The van der Waals surface area contributed by atoms with Gasteiger partial charge < -0.3 is 10.1 Å². The van der Waals surface area contributed by atoms with Gasteiger partial charge in [0.05, 0.1) is 6.61 Å². The van der Waals surface area contributed by atoms with E-state index in [1.165, 1.54) is 11.3 Å². The highest BCUT2D eigenvalue weighted by Crippen LogP contribution is 2.26. The maximum absolute atomic E-state index is 12.7. The molecule has 1 aliphatic rings. The summed E-state index contributed by atoms with van der Waals surface area (Å²) in [4.78, 5) is 5.03. The second-order valence-electron chi connectivity index (χ2n) is 4.93. The lowest BCUT2D eigenvalue weighted by atomic mass is 10.3. The standard InChI is InChI=1S/C12H18N4O3S2/c1-2-4-13-10-11(16-5-7-20-12(16)14-10)21(17,18)15-9-3-6-19-8-9/h5,7,9,13,15H,2-4,6,8H2,1H3. The smallest absolute Gasteiger partial charge is 0.260 e. The van der Waals surface area contributed by atoms with Gasteiger partial charge in [0.15, 0.2) is 15.8 Å². The first-order valence-electron chi connectivity index (χ1n) is 6.91. The van der Waals surface area contributed by atoms with Crippen LogP contribution in [0.2, 0.25) is 0 Å². The van der Waals surface area contributed by atoms with Gasteiger partial charge in [-0.25, -0.2) is 18.1 Å². The van der Waals surface area contributed by atoms with Gasteiger partial charge in [-0.2, -0.15) is 0 Å². The summed E-state index contributed by atoms with van der Waals surface area (Å²) in [6.45, 7) is 3.71. The number of anilines is 1. The number of sulfonamides is 1. The molecule has 2 N–H and O–H groups in total. The molecule has 1 atom stereocenters. The maximum atomic E-state index is 12.7. The Hall–Kier alpha value is -1.16. The first-order chi connectivity index (χ1) is 10.1. The van der Waals surface area contributed by atoms with Crippen LogP contribution in [0.25, 0.3) is 4.96 Å². The average molecular weight is 330 g/mol. The van der Waals surface area contributed by atoms with Crippen molar-refractivity contribution in [2.24, 2.45) is 0 Å². The molecule has 0 aromatic carbocycles. The largest absolute Gasteiger partial charge is 0.380 e. The number of nitrogens with zero attached hydrogens (tertiary/aromatic N) is 2. The van der Waals surface area contributed by atoms with E-state index in [0.717, 1.165) is 6.42 Å². The van der Waals surface area contributed by atoms with Gasteiger partial charge in [-0.3, -0.25) is 4.40 Å². The molecule has 3 rings (SSSR count). The molecule has 1 unspecified atom stereocenters. The Kier molecular flexibility index (Phi) is 4.16. The Labute approximate surface area is 127 Å². The van der Waals surface area contributed by atoms with Gasteiger partial charge >= 0.3 is 0 Å². The van der Waals surface area contributed by atoms with E-state index in [1.807, 2.05) is 12.3 Å². The van der Waals surface area contributed by atoms with Gasteiger partial charge in [0, 0.05) is 30.8 Å². The molecule has 2 aromatic rings. The molecule has 1 aliphatic heterocycles. The molecule has 0 amide bonds. The van der Waals surface area contributed by atoms with E-state index in [2.05, 4.69) is 15.0 Å². The molecule has 116 valence electrons. The van der Waals surface area contributed by atoms with Crippen LogP contribution in [0.1, 0.15) is 19.8 Å². The van der Waals surface area contributed by atoms with Gasteiger partial charge in [0.2, 0.25) is 0 Å². The van der Waals surface area contributed by atoms with Crippen molar-refractivity contribution in [1.29, 1.82) is 0 Å². The van der Waals surface area contributed by atoms with E-state index >= 15 is 0 Å². The number of fused-ring (bicyclic) bond motifs is 1. The molecule has 1 saturated heterocycles. The summed E-state index contributed by atoms with van der Waals surface area (Å²) in [5.41, 5.74) is 0. The van der Waals surface area contributed by atoms with Gasteiger partial charge in [0.1, 0.15) is 0 Å². The maximum Gasteiger partial charge on any atom is 0.260 e. The normalized spacial score (nSPS) is 19.4. The first-order valence-corrected chi connectivity index (χ1v) is 9.27. The van der Waals surface area contributed by atoms with Gasteiger partial charge in [-0.1, -0.05) is 6.92 Å². The summed E-state index contributed by atoms with van der Waals surface area (Å²) < 4.78 is 34.9. The highest BCUT2D eigenvalue weighted by atomic mass is 32.2. The minimum atomic E-state index is -3.64. The average Bonchev–Trinajstić information content (AvgIpc) is 3.10. The molecule has 3 heterocycles. The predicted molar refractivity (Wildman–Crippen MR) is 81.4 cm³/mol. The number of nitrogens with one attached hydrogen (secondary N) is 2. The lowest BCUT2D eigenvalue weighted by molar-refractivity contribution is 0.192. The minimum absolute atomic E-state index is 0.168. The summed E-state index contributed by atoms with van der Waals surface area (Å²) in [5, 5.41) is 5.10. The van der Waals surface area contributed by atoms with Crippen LogP contribution in [-0.4, -0.2) is 43.6 Å². The van der Waals surface area contributed by atoms with Crippen molar-refractivity contribution in [2.45, 2.75) is 30.8 Å². The molecule has 7 nitrogen and oxygen atoms in total. The third-order valence-electron chi connectivity index (χ3n) is 3.27. The van der Waals surface area contributed by atoms with Crippen LogP contribution in [0.15, 0.2) is 16.6 Å². The number of aromatic nitrogens is 2. The number of rotatable bonds is 6. The van der Waals surface area contributed by atoms with Crippen molar-refractivity contribution in [1.82, 2.24) is 14.1 Å². The van der Waals surface area contributed by atoms with E-state index in [9.17, 15) is 8.42 Å². The summed E-state index contributed by atoms with van der Waals surface area (Å²) in [7, 11) is -3.64. The van der Waals surface area contributed by atoms with Crippen molar-refractivity contribution in [3.8, 4) is 0 Å². The lowest BCUT2D eigenvalue weighted by Crippen LogP contribution is -2.36. The first kappa shape index (κ1) is 14.8. The monoisotopic (exact) mass is 330 g/mol. The molecule has 0 spiro atoms. The molecular weight excluding hydrogens is 312 g/mol. The number of thiazole rings is 1. The van der Waals surface area contributed by atoms with E-state index in [-0.39, 0.29) is 11.1 Å². The molecule has 0 aliphatic carbocycles. The molecule has 0 radical (unpaired) electrons. The van der Waals surface area contributed by atoms with Gasteiger partial charge in [-0.05, 0) is 12.8 Å².